The van der Waals surface area contributed by atoms with E-state index >= 15 is 0 Å². The van der Waals surface area contributed by atoms with Gasteiger partial charge in [0.05, 0.1) is 15.2 Å². The Hall–Kier alpha value is -2.36. The molecule has 0 aliphatic heterocycles. The molecular formula is C22H20ClF2NO5S. The number of nitrogens with one attached hydrogen (secondary N) is 1. The lowest BCUT2D eigenvalue weighted by Crippen LogP contribution is -2.49. The molecule has 0 spiro atoms. The van der Waals surface area contributed by atoms with Crippen LogP contribution in [0.4, 0.5) is 14.5 Å². The molecular weight excluding hydrogens is 464 g/mol. The fourth-order valence-electron chi connectivity index (χ4n) is 4.81. The lowest BCUT2D eigenvalue weighted by Gasteiger charge is -2.38. The molecule has 32 heavy (non-hydrogen) atoms. The molecule has 4 atom stereocenters. The Morgan fingerprint density at radius 3 is 2.34 bits per heavy atom. The van der Waals surface area contributed by atoms with Crippen molar-refractivity contribution in [2.45, 2.75) is 41.4 Å². The zero-order valence-corrected chi connectivity index (χ0v) is 18.3. The van der Waals surface area contributed by atoms with Gasteiger partial charge in [-0.1, -0.05) is 11.6 Å². The van der Waals surface area contributed by atoms with E-state index in [0.717, 1.165) is 18.2 Å². The summed E-state index contributed by atoms with van der Waals surface area (Å²) >= 11 is 6.17. The van der Waals surface area contributed by atoms with Crippen molar-refractivity contribution < 1.29 is 31.9 Å². The molecule has 2 N–H and O–H groups in total. The Labute approximate surface area is 188 Å². The number of rotatable bonds is 5. The first-order valence-corrected chi connectivity index (χ1v) is 12.0. The normalized spacial score (nSPS) is 27.2. The molecule has 0 radical (unpaired) electrons. The Morgan fingerprint density at radius 2 is 1.75 bits per heavy atom. The molecule has 2 fully saturated rings. The van der Waals surface area contributed by atoms with E-state index in [-0.39, 0.29) is 34.0 Å². The summed E-state index contributed by atoms with van der Waals surface area (Å²) < 4.78 is 53.2. The second-order valence-electron chi connectivity index (χ2n) is 8.34. The van der Waals surface area contributed by atoms with Crippen molar-refractivity contribution in [2.24, 2.45) is 11.8 Å². The summed E-state index contributed by atoms with van der Waals surface area (Å²) in [6, 6.07) is 6.61. The van der Waals surface area contributed by atoms with Crippen LogP contribution >= 0.6 is 11.6 Å². The van der Waals surface area contributed by atoms with Gasteiger partial charge in [-0.25, -0.2) is 17.2 Å². The first-order chi connectivity index (χ1) is 15.1. The Balaban J connectivity index is 1.60. The van der Waals surface area contributed by atoms with Crippen LogP contribution in [0, 0.1) is 23.5 Å². The molecule has 0 heterocycles. The van der Waals surface area contributed by atoms with Crippen LogP contribution in [0.2, 0.25) is 5.02 Å². The average Bonchev–Trinajstić information content (AvgIpc) is 2.92. The molecule has 4 rings (SSSR count). The molecule has 2 aliphatic carbocycles. The number of halogens is 3. The summed E-state index contributed by atoms with van der Waals surface area (Å²) in [4.78, 5) is 23.8. The second kappa shape index (κ2) is 8.20. The van der Waals surface area contributed by atoms with Crippen LogP contribution in [0.1, 0.15) is 36.0 Å². The molecule has 2 bridgehead atoms. The van der Waals surface area contributed by atoms with Crippen molar-refractivity contribution in [3.8, 4) is 0 Å². The van der Waals surface area contributed by atoms with Gasteiger partial charge >= 0.3 is 0 Å². The van der Waals surface area contributed by atoms with Crippen molar-refractivity contribution in [1.29, 1.82) is 0 Å². The van der Waals surface area contributed by atoms with Crippen LogP contribution in [-0.4, -0.2) is 36.6 Å². The number of carbonyl (C=O) groups excluding carboxylic acids is 2. The zero-order chi connectivity index (χ0) is 23.3. The molecule has 1 amide bonds. The standard InChI is InChI=1S/C22H20ClF2NO5S/c23-17-5-1-12(21(28)26-15-4-6-18(24)19(25)10-15)7-20(17)32(30,31)16-8-13-2-3-14(9-16)22(13,29)11-27/h1,4-7,10-11,13-14,16,29H,2-3,8-9H2,(H,26,28)/t13-,14?,16-,22-/m0/s1. The van der Waals surface area contributed by atoms with Gasteiger partial charge < -0.3 is 15.2 Å². The van der Waals surface area contributed by atoms with E-state index in [1.54, 1.807) is 0 Å². The van der Waals surface area contributed by atoms with Crippen molar-refractivity contribution in [3.05, 3.63) is 58.6 Å². The van der Waals surface area contributed by atoms with E-state index < -0.39 is 50.1 Å². The van der Waals surface area contributed by atoms with Gasteiger partial charge in [-0.2, -0.15) is 0 Å². The van der Waals surface area contributed by atoms with Crippen LogP contribution in [0.15, 0.2) is 41.3 Å². The molecule has 2 saturated carbocycles. The van der Waals surface area contributed by atoms with Gasteiger partial charge in [0.15, 0.2) is 27.8 Å². The molecule has 6 nitrogen and oxygen atoms in total. The van der Waals surface area contributed by atoms with E-state index in [9.17, 15) is 31.9 Å². The van der Waals surface area contributed by atoms with E-state index in [0.29, 0.717) is 19.1 Å². The van der Waals surface area contributed by atoms with Gasteiger partial charge in [0.25, 0.3) is 5.91 Å². The van der Waals surface area contributed by atoms with Crippen LogP contribution < -0.4 is 5.32 Å². The van der Waals surface area contributed by atoms with Crippen LogP contribution in [-0.2, 0) is 14.6 Å². The minimum Gasteiger partial charge on any atom is -0.382 e. The molecule has 2 aliphatic rings. The number of carbonyl (C=O) groups is 2. The lowest BCUT2D eigenvalue weighted by atomic mass is 9.75. The fraction of sp³-hybridized carbons (Fsp3) is 0.364. The lowest BCUT2D eigenvalue weighted by molar-refractivity contribution is -0.135. The highest BCUT2D eigenvalue weighted by atomic mass is 35.5. The maximum atomic E-state index is 13.4. The summed E-state index contributed by atoms with van der Waals surface area (Å²) in [5.41, 5.74) is -1.52. The average molecular weight is 484 g/mol. The summed E-state index contributed by atoms with van der Waals surface area (Å²) in [5, 5.41) is 12.1. The molecule has 0 aromatic heterocycles. The van der Waals surface area contributed by atoms with E-state index in [1.165, 1.54) is 18.2 Å². The largest absolute Gasteiger partial charge is 0.382 e. The SMILES string of the molecule is O=C[C@@]1(O)C2CC[C@H]1C[C@H](S(=O)(=O)c1cc(C(=O)Nc3ccc(F)c(F)c3)ccc1Cl)C2. The van der Waals surface area contributed by atoms with Gasteiger partial charge in [0.2, 0.25) is 0 Å². The number of aliphatic hydroxyl groups is 1. The summed E-state index contributed by atoms with van der Waals surface area (Å²) in [5.74, 6) is -3.81. The summed E-state index contributed by atoms with van der Waals surface area (Å²) in [6.45, 7) is 0. The molecule has 2 aromatic rings. The number of anilines is 1. The molecule has 170 valence electrons. The monoisotopic (exact) mass is 483 g/mol. The fourth-order valence-corrected chi connectivity index (χ4v) is 7.21. The minimum atomic E-state index is -3.97. The number of hydrogen-bond acceptors (Lipinski definition) is 5. The predicted molar refractivity (Wildman–Crippen MR) is 113 cm³/mol. The van der Waals surface area contributed by atoms with Crippen molar-refractivity contribution in [2.75, 3.05) is 5.32 Å². The highest BCUT2D eigenvalue weighted by Crippen LogP contribution is 2.51. The van der Waals surface area contributed by atoms with Crippen molar-refractivity contribution in [1.82, 2.24) is 0 Å². The van der Waals surface area contributed by atoms with E-state index in [2.05, 4.69) is 5.32 Å². The predicted octanol–water partition coefficient (Wildman–Crippen LogP) is 3.76. The topological polar surface area (TPSA) is 101 Å². The Kier molecular flexibility index (Phi) is 5.85. The van der Waals surface area contributed by atoms with Crippen LogP contribution in [0.25, 0.3) is 0 Å². The van der Waals surface area contributed by atoms with Crippen LogP contribution in [0.3, 0.4) is 0 Å². The maximum Gasteiger partial charge on any atom is 0.255 e. The number of fused-ring (bicyclic) bond motifs is 2. The number of amides is 1. The Morgan fingerprint density at radius 1 is 1.09 bits per heavy atom. The molecule has 0 saturated heterocycles. The second-order valence-corrected chi connectivity index (χ2v) is 10.9. The third-order valence-corrected chi connectivity index (χ3v) is 9.23. The first-order valence-electron chi connectivity index (χ1n) is 10.0. The van der Waals surface area contributed by atoms with Gasteiger partial charge in [-0.05, 0) is 67.9 Å². The molecule has 10 heteroatoms. The third kappa shape index (κ3) is 3.82. The zero-order valence-electron chi connectivity index (χ0n) is 16.7. The number of aldehydes is 1. The van der Waals surface area contributed by atoms with Crippen LogP contribution in [0.5, 0.6) is 0 Å². The highest BCUT2D eigenvalue weighted by molar-refractivity contribution is 7.92. The summed E-state index contributed by atoms with van der Waals surface area (Å²) in [7, 11) is -3.97. The third-order valence-electron chi connectivity index (χ3n) is 6.57. The number of hydrogen-bond donors (Lipinski definition) is 2. The van der Waals surface area contributed by atoms with Crippen molar-refractivity contribution >= 4 is 39.3 Å². The quantitative estimate of drug-likeness (QED) is 0.631. The first kappa shape index (κ1) is 22.8. The van der Waals surface area contributed by atoms with Gasteiger partial charge in [0, 0.05) is 17.3 Å². The van der Waals surface area contributed by atoms with E-state index in [1.807, 2.05) is 0 Å². The smallest absolute Gasteiger partial charge is 0.255 e. The summed E-state index contributed by atoms with van der Waals surface area (Å²) in [6.07, 6.45) is 1.90. The van der Waals surface area contributed by atoms with Gasteiger partial charge in [-0.3, -0.25) is 4.79 Å². The number of sulfone groups is 1. The minimum absolute atomic E-state index is 0.00487. The maximum absolute atomic E-state index is 13.4. The van der Waals surface area contributed by atoms with E-state index in [4.69, 9.17) is 11.6 Å². The Bertz CT molecular complexity index is 1190. The van der Waals surface area contributed by atoms with Gasteiger partial charge in [0.1, 0.15) is 5.60 Å². The van der Waals surface area contributed by atoms with Crippen molar-refractivity contribution in [3.63, 3.8) is 0 Å². The van der Waals surface area contributed by atoms with Gasteiger partial charge in [-0.15, -0.1) is 0 Å². The highest BCUT2D eigenvalue weighted by Gasteiger charge is 2.55. The molecule has 1 unspecified atom stereocenters. The number of benzene rings is 2. The molecule has 2 aromatic carbocycles.